The van der Waals surface area contributed by atoms with Gasteiger partial charge in [-0.05, 0) is 25.0 Å². The number of nitrogen functional groups attached to an aromatic ring is 1. The highest BCUT2D eigenvalue weighted by atomic mass is 35.5. The van der Waals surface area contributed by atoms with Crippen molar-refractivity contribution >= 4 is 24.0 Å². The van der Waals surface area contributed by atoms with Crippen LogP contribution < -0.4 is 11.1 Å². The molecule has 1 aliphatic heterocycles. The molecule has 1 heterocycles. The maximum absolute atomic E-state index is 12.3. The Hall–Kier alpha value is -1.47. The molecule has 0 atom stereocenters. The lowest BCUT2D eigenvalue weighted by molar-refractivity contribution is -0.148. The zero-order valence-corrected chi connectivity index (χ0v) is 12.7. The summed E-state index contributed by atoms with van der Waals surface area (Å²) in [6.45, 7) is -0.233. The molecule has 1 saturated heterocycles. The predicted molar refractivity (Wildman–Crippen MR) is 81.1 cm³/mol. The highest BCUT2D eigenvalue weighted by molar-refractivity contribution is 5.99. The number of nitrogens with zero attached hydrogens (tertiary/aromatic N) is 1. The van der Waals surface area contributed by atoms with Crippen LogP contribution in [0, 0.1) is 0 Å². The molecule has 0 saturated carbocycles. The Kier molecular flexibility index (Phi) is 6.49. The third kappa shape index (κ3) is 5.38. The van der Waals surface area contributed by atoms with E-state index in [0.717, 1.165) is 0 Å². The number of carbonyl (C=O) groups excluding carboxylic acids is 1. The van der Waals surface area contributed by atoms with E-state index in [1.165, 1.54) is 4.90 Å². The van der Waals surface area contributed by atoms with Crippen molar-refractivity contribution in [1.82, 2.24) is 10.2 Å². The molecule has 0 radical (unpaired) electrons. The lowest BCUT2D eigenvalue weighted by Crippen LogP contribution is -2.47. The molecule has 1 aromatic rings. The fraction of sp³-hybridized carbons (Fsp3) is 0.500. The van der Waals surface area contributed by atoms with Gasteiger partial charge in [0.15, 0.2) is 0 Å². The van der Waals surface area contributed by atoms with Gasteiger partial charge in [-0.1, -0.05) is 12.1 Å². The number of nitrogens with one attached hydrogen (secondary N) is 1. The summed E-state index contributed by atoms with van der Waals surface area (Å²) in [5.74, 6) is -0.276. The summed E-state index contributed by atoms with van der Waals surface area (Å²) in [6, 6.07) is 6.62. The summed E-state index contributed by atoms with van der Waals surface area (Å²) in [6.07, 6.45) is -3.16. The minimum absolute atomic E-state index is 0. The van der Waals surface area contributed by atoms with Gasteiger partial charge in [-0.2, -0.15) is 13.2 Å². The van der Waals surface area contributed by atoms with E-state index in [0.29, 0.717) is 37.2 Å². The Morgan fingerprint density at radius 1 is 1.27 bits per heavy atom. The van der Waals surface area contributed by atoms with Crippen molar-refractivity contribution in [1.29, 1.82) is 0 Å². The molecule has 1 aromatic carbocycles. The van der Waals surface area contributed by atoms with E-state index >= 15 is 0 Å². The van der Waals surface area contributed by atoms with Crippen molar-refractivity contribution in [2.24, 2.45) is 0 Å². The second-order valence-corrected chi connectivity index (χ2v) is 5.23. The van der Waals surface area contributed by atoms with Gasteiger partial charge in [0.1, 0.15) is 0 Å². The van der Waals surface area contributed by atoms with Gasteiger partial charge in [0.2, 0.25) is 0 Å². The van der Waals surface area contributed by atoms with Gasteiger partial charge in [0.05, 0.1) is 12.1 Å². The number of hydrogen-bond donors (Lipinski definition) is 2. The van der Waals surface area contributed by atoms with Crippen LogP contribution in [0.3, 0.4) is 0 Å². The lowest BCUT2D eigenvalue weighted by Gasteiger charge is -2.32. The number of alkyl halides is 3. The molecule has 1 aliphatic rings. The van der Waals surface area contributed by atoms with E-state index in [1.54, 1.807) is 24.3 Å². The average Bonchev–Trinajstić information content (AvgIpc) is 2.40. The van der Waals surface area contributed by atoms with Crippen LogP contribution in [-0.2, 0) is 0 Å². The first kappa shape index (κ1) is 18.6. The van der Waals surface area contributed by atoms with Gasteiger partial charge in [-0.15, -0.1) is 12.4 Å². The van der Waals surface area contributed by atoms with Gasteiger partial charge in [0, 0.05) is 24.8 Å². The first-order valence-corrected chi connectivity index (χ1v) is 6.79. The highest BCUT2D eigenvalue weighted by Gasteiger charge is 2.32. The number of amides is 1. The monoisotopic (exact) mass is 337 g/mol. The van der Waals surface area contributed by atoms with Crippen LogP contribution in [0.2, 0.25) is 0 Å². The number of halogens is 4. The number of hydrogen-bond acceptors (Lipinski definition) is 3. The van der Waals surface area contributed by atoms with Crippen molar-refractivity contribution in [3.05, 3.63) is 29.8 Å². The molecule has 4 nitrogen and oxygen atoms in total. The van der Waals surface area contributed by atoms with Crippen LogP contribution in [0.15, 0.2) is 24.3 Å². The number of likely N-dealkylation sites (tertiary alicyclic amines) is 1. The summed E-state index contributed by atoms with van der Waals surface area (Å²) in [5, 5.41) is 2.83. The number of rotatable bonds is 3. The molecule has 22 heavy (non-hydrogen) atoms. The Labute approximate surface area is 133 Å². The quantitative estimate of drug-likeness (QED) is 0.833. The van der Waals surface area contributed by atoms with Crippen LogP contribution in [0.5, 0.6) is 0 Å². The topological polar surface area (TPSA) is 58.4 Å². The number of piperidine rings is 1. The molecule has 0 spiro atoms. The minimum atomic E-state index is -4.17. The van der Waals surface area contributed by atoms with Gasteiger partial charge >= 0.3 is 6.18 Å². The molecule has 1 fully saturated rings. The predicted octanol–water partition coefficient (Wildman–Crippen LogP) is 2.45. The van der Waals surface area contributed by atoms with Crippen molar-refractivity contribution in [2.45, 2.75) is 25.1 Å². The number of anilines is 1. The standard InChI is InChI=1S/C14H18F3N3O.ClH/c15-14(16,17)9-20-7-5-10(6-8-20)19-13(21)11-3-1-2-4-12(11)18;/h1-4,10H,5-9,18H2,(H,19,21);1H. The normalized spacial score (nSPS) is 16.9. The largest absolute Gasteiger partial charge is 0.401 e. The van der Waals surface area contributed by atoms with Crippen LogP contribution in [0.4, 0.5) is 18.9 Å². The van der Waals surface area contributed by atoms with E-state index in [1.807, 2.05) is 0 Å². The first-order valence-electron chi connectivity index (χ1n) is 6.79. The Morgan fingerprint density at radius 2 is 1.86 bits per heavy atom. The fourth-order valence-electron chi connectivity index (χ4n) is 2.46. The Balaban J connectivity index is 0.00000242. The van der Waals surface area contributed by atoms with Crippen LogP contribution in [0.1, 0.15) is 23.2 Å². The molecule has 0 aliphatic carbocycles. The van der Waals surface area contributed by atoms with Crippen LogP contribution in [-0.4, -0.2) is 42.7 Å². The molecule has 0 aromatic heterocycles. The zero-order chi connectivity index (χ0) is 15.5. The maximum Gasteiger partial charge on any atom is 0.401 e. The molecule has 3 N–H and O–H groups in total. The van der Waals surface area contributed by atoms with Crippen molar-refractivity contribution in [3.8, 4) is 0 Å². The second-order valence-electron chi connectivity index (χ2n) is 5.23. The number of carbonyl (C=O) groups is 1. The summed E-state index contributed by atoms with van der Waals surface area (Å²) in [7, 11) is 0. The highest BCUT2D eigenvalue weighted by Crippen LogP contribution is 2.20. The molecule has 124 valence electrons. The van der Waals surface area contributed by atoms with Crippen molar-refractivity contribution in [2.75, 3.05) is 25.4 Å². The SMILES string of the molecule is Cl.Nc1ccccc1C(=O)NC1CCN(CC(F)(F)F)CC1. The molecule has 1 amide bonds. The van der Waals surface area contributed by atoms with Gasteiger partial charge in [0.25, 0.3) is 5.91 Å². The van der Waals surface area contributed by atoms with Crippen LogP contribution in [0.25, 0.3) is 0 Å². The third-order valence-electron chi connectivity index (χ3n) is 3.53. The number of benzene rings is 1. The Morgan fingerprint density at radius 3 is 2.41 bits per heavy atom. The molecule has 0 unspecified atom stereocenters. The molecule has 8 heteroatoms. The minimum Gasteiger partial charge on any atom is -0.398 e. The van der Waals surface area contributed by atoms with Gasteiger partial charge < -0.3 is 11.1 Å². The van der Waals surface area contributed by atoms with E-state index in [2.05, 4.69) is 5.32 Å². The van der Waals surface area contributed by atoms with E-state index in [-0.39, 0.29) is 24.4 Å². The summed E-state index contributed by atoms with van der Waals surface area (Å²) in [4.78, 5) is 13.4. The number of nitrogens with two attached hydrogens (primary N) is 1. The van der Waals surface area contributed by atoms with Gasteiger partial charge in [-0.25, -0.2) is 0 Å². The van der Waals surface area contributed by atoms with Crippen molar-refractivity contribution < 1.29 is 18.0 Å². The van der Waals surface area contributed by atoms with Crippen LogP contribution >= 0.6 is 12.4 Å². The zero-order valence-electron chi connectivity index (χ0n) is 11.9. The molecule has 2 rings (SSSR count). The van der Waals surface area contributed by atoms with Gasteiger partial charge in [-0.3, -0.25) is 9.69 Å². The molecular weight excluding hydrogens is 319 g/mol. The van der Waals surface area contributed by atoms with E-state index in [4.69, 9.17) is 5.73 Å². The summed E-state index contributed by atoms with van der Waals surface area (Å²) in [5.41, 5.74) is 6.52. The third-order valence-corrected chi connectivity index (χ3v) is 3.53. The number of para-hydroxylation sites is 1. The van der Waals surface area contributed by atoms with Crippen molar-refractivity contribution in [3.63, 3.8) is 0 Å². The average molecular weight is 338 g/mol. The summed E-state index contributed by atoms with van der Waals surface area (Å²) >= 11 is 0. The maximum atomic E-state index is 12.3. The second kappa shape index (κ2) is 7.69. The van der Waals surface area contributed by atoms with E-state index < -0.39 is 12.7 Å². The molecule has 0 bridgehead atoms. The van der Waals surface area contributed by atoms with E-state index in [9.17, 15) is 18.0 Å². The Bertz CT molecular complexity index is 502. The smallest absolute Gasteiger partial charge is 0.398 e. The fourth-order valence-corrected chi connectivity index (χ4v) is 2.46. The first-order chi connectivity index (χ1) is 9.85. The molecular formula is C14H19ClF3N3O. The lowest BCUT2D eigenvalue weighted by atomic mass is 10.0. The summed E-state index contributed by atoms with van der Waals surface area (Å²) < 4.78 is 36.9.